The zero-order valence-corrected chi connectivity index (χ0v) is 9.12. The molecule has 1 aliphatic rings. The van der Waals surface area contributed by atoms with Crippen LogP contribution in [-0.2, 0) is 4.79 Å². The molecule has 2 nitrogen and oxygen atoms in total. The minimum Gasteiger partial charge on any atom is -0.326 e. The summed E-state index contributed by atoms with van der Waals surface area (Å²) in [5, 5.41) is 2.97. The third-order valence-corrected chi connectivity index (χ3v) is 3.05. The summed E-state index contributed by atoms with van der Waals surface area (Å²) in [4.78, 5) is 11.8. The number of hydrogen-bond acceptors (Lipinski definition) is 1. The van der Waals surface area contributed by atoms with Gasteiger partial charge in [0, 0.05) is 11.6 Å². The number of benzene rings is 1. The number of nitrogens with one attached hydrogen (secondary N) is 1. The van der Waals surface area contributed by atoms with Crippen LogP contribution < -0.4 is 5.32 Å². The van der Waals surface area contributed by atoms with E-state index in [1.807, 2.05) is 31.2 Å². The number of hydrogen-bond donors (Lipinski definition) is 1. The fourth-order valence-electron chi connectivity index (χ4n) is 2.07. The van der Waals surface area contributed by atoms with E-state index >= 15 is 0 Å². The highest BCUT2D eigenvalue weighted by Crippen LogP contribution is 2.25. The van der Waals surface area contributed by atoms with Crippen LogP contribution in [0.25, 0.3) is 0 Å². The van der Waals surface area contributed by atoms with E-state index in [9.17, 15) is 4.79 Å². The molecule has 1 saturated carbocycles. The van der Waals surface area contributed by atoms with Gasteiger partial charge in [-0.3, -0.25) is 4.79 Å². The molecule has 2 rings (SSSR count). The van der Waals surface area contributed by atoms with Crippen molar-refractivity contribution < 1.29 is 4.79 Å². The van der Waals surface area contributed by atoms with Gasteiger partial charge < -0.3 is 5.32 Å². The third-order valence-electron chi connectivity index (χ3n) is 3.05. The highest BCUT2D eigenvalue weighted by Gasteiger charge is 2.22. The first-order valence-electron chi connectivity index (χ1n) is 5.63. The summed E-state index contributed by atoms with van der Waals surface area (Å²) in [6.07, 6.45) is 4.51. The largest absolute Gasteiger partial charge is 0.326 e. The van der Waals surface area contributed by atoms with Crippen molar-refractivity contribution in [1.82, 2.24) is 0 Å². The molecule has 0 saturated heterocycles. The summed E-state index contributed by atoms with van der Waals surface area (Å²) < 4.78 is 0. The highest BCUT2D eigenvalue weighted by atomic mass is 16.1. The van der Waals surface area contributed by atoms with Gasteiger partial charge in [-0.05, 0) is 31.9 Å². The minimum atomic E-state index is 0.191. The van der Waals surface area contributed by atoms with Crippen LogP contribution in [0, 0.1) is 12.8 Å². The van der Waals surface area contributed by atoms with Crippen LogP contribution in [0.4, 0.5) is 5.69 Å². The van der Waals surface area contributed by atoms with Crippen LogP contribution >= 0.6 is 0 Å². The van der Waals surface area contributed by atoms with Crippen molar-refractivity contribution >= 4 is 11.6 Å². The lowest BCUT2D eigenvalue weighted by molar-refractivity contribution is -0.119. The molecule has 0 heterocycles. The van der Waals surface area contributed by atoms with Crippen molar-refractivity contribution in [2.24, 2.45) is 5.92 Å². The van der Waals surface area contributed by atoms with Crippen LogP contribution in [0.5, 0.6) is 0 Å². The van der Waals surface area contributed by atoms with Gasteiger partial charge in [-0.1, -0.05) is 30.5 Å². The first kappa shape index (κ1) is 10.2. The van der Waals surface area contributed by atoms with Gasteiger partial charge in [-0.15, -0.1) is 0 Å². The second kappa shape index (κ2) is 4.47. The summed E-state index contributed by atoms with van der Waals surface area (Å²) in [6, 6.07) is 7.96. The average molecular weight is 203 g/mol. The van der Waals surface area contributed by atoms with E-state index in [-0.39, 0.29) is 11.8 Å². The van der Waals surface area contributed by atoms with E-state index in [1.165, 1.54) is 18.4 Å². The van der Waals surface area contributed by atoms with Gasteiger partial charge in [0.05, 0.1) is 0 Å². The van der Waals surface area contributed by atoms with Gasteiger partial charge in [0.1, 0.15) is 0 Å². The van der Waals surface area contributed by atoms with E-state index in [1.54, 1.807) is 0 Å². The van der Waals surface area contributed by atoms with Crippen LogP contribution in [0.1, 0.15) is 31.2 Å². The molecule has 1 fully saturated rings. The van der Waals surface area contributed by atoms with E-state index in [0.29, 0.717) is 0 Å². The summed E-state index contributed by atoms with van der Waals surface area (Å²) in [5.74, 6) is 0.433. The number of rotatable bonds is 2. The van der Waals surface area contributed by atoms with Gasteiger partial charge in [-0.25, -0.2) is 0 Å². The van der Waals surface area contributed by atoms with Gasteiger partial charge in [0.25, 0.3) is 0 Å². The van der Waals surface area contributed by atoms with Crippen molar-refractivity contribution in [3.05, 3.63) is 29.8 Å². The molecular weight excluding hydrogens is 186 g/mol. The van der Waals surface area contributed by atoms with Crippen LogP contribution in [0.15, 0.2) is 24.3 Å². The molecule has 0 unspecified atom stereocenters. The number of aryl methyl sites for hydroxylation is 1. The maximum Gasteiger partial charge on any atom is 0.227 e. The Morgan fingerprint density at radius 2 is 1.80 bits per heavy atom. The molecule has 0 bridgehead atoms. The molecule has 1 aromatic rings. The monoisotopic (exact) mass is 203 g/mol. The van der Waals surface area contributed by atoms with Crippen molar-refractivity contribution in [1.29, 1.82) is 0 Å². The molecule has 80 valence electrons. The van der Waals surface area contributed by atoms with Crippen LogP contribution in [-0.4, -0.2) is 5.91 Å². The average Bonchev–Trinajstić information content (AvgIpc) is 2.74. The van der Waals surface area contributed by atoms with Crippen LogP contribution in [0.2, 0.25) is 0 Å². The fourth-order valence-corrected chi connectivity index (χ4v) is 2.07. The van der Waals surface area contributed by atoms with E-state index in [2.05, 4.69) is 5.32 Å². The summed E-state index contributed by atoms with van der Waals surface area (Å²) >= 11 is 0. The Balaban J connectivity index is 1.96. The maximum absolute atomic E-state index is 11.8. The second-order valence-corrected chi connectivity index (χ2v) is 4.34. The predicted octanol–water partition coefficient (Wildman–Crippen LogP) is 3.12. The SMILES string of the molecule is Cc1ccc(NC(=O)C2CCCC2)cc1. The Bertz CT molecular complexity index is 336. The molecule has 15 heavy (non-hydrogen) atoms. The molecule has 0 spiro atoms. The standard InChI is InChI=1S/C13H17NO/c1-10-6-8-12(9-7-10)14-13(15)11-4-2-3-5-11/h6-9,11H,2-5H2,1H3,(H,14,15). The Kier molecular flexibility index (Phi) is 3.05. The molecule has 1 amide bonds. The third kappa shape index (κ3) is 2.58. The van der Waals surface area contributed by atoms with E-state index in [0.717, 1.165) is 18.5 Å². The number of carbonyl (C=O) groups excluding carboxylic acids is 1. The van der Waals surface area contributed by atoms with Crippen molar-refractivity contribution in [2.75, 3.05) is 5.32 Å². The number of carbonyl (C=O) groups is 1. The van der Waals surface area contributed by atoms with E-state index < -0.39 is 0 Å². The highest BCUT2D eigenvalue weighted by molar-refractivity contribution is 5.92. The smallest absolute Gasteiger partial charge is 0.227 e. The number of anilines is 1. The minimum absolute atomic E-state index is 0.191. The summed E-state index contributed by atoms with van der Waals surface area (Å²) in [7, 11) is 0. The van der Waals surface area contributed by atoms with Crippen LogP contribution in [0.3, 0.4) is 0 Å². The topological polar surface area (TPSA) is 29.1 Å². The lowest BCUT2D eigenvalue weighted by Crippen LogP contribution is -2.20. The molecule has 0 atom stereocenters. The first-order valence-corrected chi connectivity index (χ1v) is 5.63. The lowest BCUT2D eigenvalue weighted by Gasteiger charge is -2.10. The zero-order valence-electron chi connectivity index (χ0n) is 9.12. The molecule has 1 N–H and O–H groups in total. The Hall–Kier alpha value is -1.31. The quantitative estimate of drug-likeness (QED) is 0.786. The van der Waals surface area contributed by atoms with Crippen molar-refractivity contribution in [3.8, 4) is 0 Å². The van der Waals surface area contributed by atoms with Crippen molar-refractivity contribution in [2.45, 2.75) is 32.6 Å². The summed E-state index contributed by atoms with van der Waals surface area (Å²) in [5.41, 5.74) is 2.13. The normalized spacial score (nSPS) is 16.6. The molecule has 0 aromatic heterocycles. The fraction of sp³-hybridized carbons (Fsp3) is 0.462. The predicted molar refractivity (Wildman–Crippen MR) is 61.8 cm³/mol. The van der Waals surface area contributed by atoms with Crippen molar-refractivity contribution in [3.63, 3.8) is 0 Å². The van der Waals surface area contributed by atoms with Gasteiger partial charge >= 0.3 is 0 Å². The molecule has 1 aromatic carbocycles. The molecule has 2 heteroatoms. The molecular formula is C13H17NO. The molecule has 0 aliphatic heterocycles. The maximum atomic E-state index is 11.8. The Labute approximate surface area is 90.7 Å². The molecule has 1 aliphatic carbocycles. The summed E-state index contributed by atoms with van der Waals surface area (Å²) in [6.45, 7) is 2.04. The zero-order chi connectivity index (χ0) is 10.7. The second-order valence-electron chi connectivity index (χ2n) is 4.34. The Morgan fingerprint density at radius 3 is 2.40 bits per heavy atom. The lowest BCUT2D eigenvalue weighted by atomic mass is 10.1. The van der Waals surface area contributed by atoms with Gasteiger partial charge in [0.15, 0.2) is 0 Å². The Morgan fingerprint density at radius 1 is 1.20 bits per heavy atom. The van der Waals surface area contributed by atoms with E-state index in [4.69, 9.17) is 0 Å². The first-order chi connectivity index (χ1) is 7.25. The van der Waals surface area contributed by atoms with Gasteiger partial charge in [-0.2, -0.15) is 0 Å². The van der Waals surface area contributed by atoms with Gasteiger partial charge in [0.2, 0.25) is 5.91 Å². The number of amides is 1. The molecule has 0 radical (unpaired) electrons.